The molecular formula is C10H12Cl2N2OS. The standard InChI is InChI=1S/C10H12Cl2N2OS/c1-13-2-4-14(5-3-13)10(15)7-6-8(11)16-9(7)12/h6H,2-5H2,1H3. The van der Waals surface area contributed by atoms with Crippen molar-refractivity contribution < 1.29 is 4.79 Å². The normalized spacial score (nSPS) is 17.8. The molecule has 0 bridgehead atoms. The van der Waals surface area contributed by atoms with E-state index in [1.54, 1.807) is 6.07 Å². The number of thiophene rings is 1. The summed E-state index contributed by atoms with van der Waals surface area (Å²) in [6.45, 7) is 3.31. The molecule has 88 valence electrons. The predicted octanol–water partition coefficient (Wildman–Crippen LogP) is 2.44. The van der Waals surface area contributed by atoms with Crippen LogP contribution in [0.15, 0.2) is 6.07 Å². The molecule has 1 fully saturated rings. The highest BCUT2D eigenvalue weighted by Gasteiger charge is 2.23. The number of carbonyl (C=O) groups is 1. The Balaban J connectivity index is 2.10. The van der Waals surface area contributed by atoms with E-state index in [1.165, 1.54) is 11.3 Å². The minimum Gasteiger partial charge on any atom is -0.336 e. The van der Waals surface area contributed by atoms with Gasteiger partial charge < -0.3 is 9.80 Å². The molecule has 2 heterocycles. The van der Waals surface area contributed by atoms with Gasteiger partial charge in [-0.3, -0.25) is 4.79 Å². The second-order valence-electron chi connectivity index (χ2n) is 3.83. The molecule has 0 aromatic carbocycles. The maximum Gasteiger partial charge on any atom is 0.256 e. The Labute approximate surface area is 109 Å². The van der Waals surface area contributed by atoms with E-state index >= 15 is 0 Å². The maximum atomic E-state index is 12.1. The molecule has 0 saturated carbocycles. The van der Waals surface area contributed by atoms with Gasteiger partial charge in [0, 0.05) is 26.2 Å². The Bertz CT molecular complexity index is 400. The number of carbonyl (C=O) groups excluding carboxylic acids is 1. The molecule has 1 aliphatic rings. The van der Waals surface area contributed by atoms with Crippen LogP contribution in [0, 0.1) is 0 Å². The van der Waals surface area contributed by atoms with Gasteiger partial charge in [0.05, 0.1) is 9.90 Å². The van der Waals surface area contributed by atoms with E-state index in [9.17, 15) is 4.79 Å². The van der Waals surface area contributed by atoms with Crippen LogP contribution in [0.4, 0.5) is 0 Å². The van der Waals surface area contributed by atoms with E-state index < -0.39 is 0 Å². The fraction of sp³-hybridized carbons (Fsp3) is 0.500. The Morgan fingerprint density at radius 3 is 2.44 bits per heavy atom. The van der Waals surface area contributed by atoms with Crippen molar-refractivity contribution in [1.29, 1.82) is 0 Å². The minimum atomic E-state index is -0.0127. The largest absolute Gasteiger partial charge is 0.336 e. The molecule has 1 aliphatic heterocycles. The monoisotopic (exact) mass is 278 g/mol. The highest BCUT2D eigenvalue weighted by molar-refractivity contribution is 7.20. The van der Waals surface area contributed by atoms with E-state index in [-0.39, 0.29) is 5.91 Å². The zero-order valence-electron chi connectivity index (χ0n) is 8.87. The number of likely N-dealkylation sites (N-methyl/N-ethyl adjacent to an activating group) is 1. The smallest absolute Gasteiger partial charge is 0.256 e. The van der Waals surface area contributed by atoms with Crippen LogP contribution in [0.2, 0.25) is 8.67 Å². The molecule has 1 amide bonds. The Morgan fingerprint density at radius 1 is 1.31 bits per heavy atom. The quantitative estimate of drug-likeness (QED) is 0.788. The van der Waals surface area contributed by atoms with E-state index in [0.29, 0.717) is 14.2 Å². The molecule has 6 heteroatoms. The number of amides is 1. The molecule has 3 nitrogen and oxygen atoms in total. The van der Waals surface area contributed by atoms with Gasteiger partial charge in [-0.25, -0.2) is 0 Å². The lowest BCUT2D eigenvalue weighted by atomic mass is 10.2. The van der Waals surface area contributed by atoms with Gasteiger partial charge in [-0.05, 0) is 13.1 Å². The molecule has 0 radical (unpaired) electrons. The van der Waals surface area contributed by atoms with Crippen LogP contribution in [0.5, 0.6) is 0 Å². The van der Waals surface area contributed by atoms with Crippen LogP contribution in [-0.2, 0) is 0 Å². The van der Waals surface area contributed by atoms with Crippen molar-refractivity contribution in [2.75, 3.05) is 33.2 Å². The summed E-state index contributed by atoms with van der Waals surface area (Å²) in [5.74, 6) is -0.0127. The molecule has 1 aromatic rings. The van der Waals surface area contributed by atoms with E-state index in [1.807, 2.05) is 4.90 Å². The third kappa shape index (κ3) is 2.51. The summed E-state index contributed by atoms with van der Waals surface area (Å²) in [4.78, 5) is 16.1. The third-order valence-corrected chi connectivity index (χ3v) is 4.17. The topological polar surface area (TPSA) is 23.6 Å². The van der Waals surface area contributed by atoms with Gasteiger partial charge in [-0.1, -0.05) is 23.2 Å². The fourth-order valence-electron chi connectivity index (χ4n) is 1.67. The van der Waals surface area contributed by atoms with Crippen molar-refractivity contribution in [2.24, 2.45) is 0 Å². The van der Waals surface area contributed by atoms with Crippen molar-refractivity contribution in [3.8, 4) is 0 Å². The summed E-state index contributed by atoms with van der Waals surface area (Å²) in [7, 11) is 2.05. The van der Waals surface area contributed by atoms with Crippen LogP contribution in [0.3, 0.4) is 0 Å². The van der Waals surface area contributed by atoms with Crippen LogP contribution >= 0.6 is 34.5 Å². The average Bonchev–Trinajstić information content (AvgIpc) is 2.58. The average molecular weight is 279 g/mol. The molecular weight excluding hydrogens is 267 g/mol. The molecule has 1 aromatic heterocycles. The Morgan fingerprint density at radius 2 is 1.94 bits per heavy atom. The van der Waals surface area contributed by atoms with Crippen LogP contribution in [0.1, 0.15) is 10.4 Å². The molecule has 1 saturated heterocycles. The molecule has 0 unspecified atom stereocenters. The zero-order valence-corrected chi connectivity index (χ0v) is 11.2. The second-order valence-corrected chi connectivity index (χ2v) is 6.12. The Hall–Kier alpha value is -0.290. The first-order valence-corrected chi connectivity index (χ1v) is 6.58. The SMILES string of the molecule is CN1CCN(C(=O)c2cc(Cl)sc2Cl)CC1. The first kappa shape index (κ1) is 12.2. The fourth-order valence-corrected chi connectivity index (χ4v) is 3.11. The van der Waals surface area contributed by atoms with E-state index in [2.05, 4.69) is 11.9 Å². The summed E-state index contributed by atoms with van der Waals surface area (Å²) in [5.41, 5.74) is 0.529. The van der Waals surface area contributed by atoms with Crippen molar-refractivity contribution in [3.63, 3.8) is 0 Å². The van der Waals surface area contributed by atoms with Crippen LogP contribution in [0.25, 0.3) is 0 Å². The van der Waals surface area contributed by atoms with Gasteiger partial charge in [0.25, 0.3) is 5.91 Å². The highest BCUT2D eigenvalue weighted by Crippen LogP contribution is 2.32. The van der Waals surface area contributed by atoms with Crippen molar-refractivity contribution in [1.82, 2.24) is 9.80 Å². The summed E-state index contributed by atoms with van der Waals surface area (Å²) < 4.78 is 1.04. The number of hydrogen-bond donors (Lipinski definition) is 0. The molecule has 0 aliphatic carbocycles. The maximum absolute atomic E-state index is 12.1. The molecule has 2 rings (SSSR count). The van der Waals surface area contributed by atoms with E-state index in [0.717, 1.165) is 26.2 Å². The lowest BCUT2D eigenvalue weighted by molar-refractivity contribution is 0.0665. The van der Waals surface area contributed by atoms with Crippen molar-refractivity contribution in [2.45, 2.75) is 0 Å². The number of rotatable bonds is 1. The lowest BCUT2D eigenvalue weighted by Gasteiger charge is -2.32. The lowest BCUT2D eigenvalue weighted by Crippen LogP contribution is -2.47. The number of hydrogen-bond acceptors (Lipinski definition) is 3. The number of piperazine rings is 1. The van der Waals surface area contributed by atoms with Crippen LogP contribution < -0.4 is 0 Å². The number of nitrogens with zero attached hydrogens (tertiary/aromatic N) is 2. The van der Waals surface area contributed by atoms with Gasteiger partial charge in [0.15, 0.2) is 0 Å². The van der Waals surface area contributed by atoms with Gasteiger partial charge >= 0.3 is 0 Å². The summed E-state index contributed by atoms with van der Waals surface area (Å²) in [6.07, 6.45) is 0. The Kier molecular flexibility index (Phi) is 3.74. The van der Waals surface area contributed by atoms with Gasteiger partial charge in [-0.2, -0.15) is 0 Å². The predicted molar refractivity (Wildman–Crippen MR) is 67.7 cm³/mol. The second kappa shape index (κ2) is 4.92. The minimum absolute atomic E-state index is 0.0127. The van der Waals surface area contributed by atoms with Gasteiger partial charge in [0.2, 0.25) is 0 Å². The highest BCUT2D eigenvalue weighted by atomic mass is 35.5. The molecule has 0 N–H and O–H groups in total. The van der Waals surface area contributed by atoms with Crippen molar-refractivity contribution in [3.05, 3.63) is 20.3 Å². The zero-order chi connectivity index (χ0) is 11.7. The van der Waals surface area contributed by atoms with E-state index in [4.69, 9.17) is 23.2 Å². The third-order valence-electron chi connectivity index (χ3n) is 2.68. The number of halogens is 2. The summed E-state index contributed by atoms with van der Waals surface area (Å²) in [5, 5.41) is 0. The summed E-state index contributed by atoms with van der Waals surface area (Å²) >= 11 is 13.0. The first-order chi connectivity index (χ1) is 7.58. The van der Waals surface area contributed by atoms with Crippen LogP contribution in [-0.4, -0.2) is 48.9 Å². The van der Waals surface area contributed by atoms with Gasteiger partial charge in [0.1, 0.15) is 4.34 Å². The van der Waals surface area contributed by atoms with Gasteiger partial charge in [-0.15, -0.1) is 11.3 Å². The molecule has 16 heavy (non-hydrogen) atoms. The molecule has 0 spiro atoms. The first-order valence-electron chi connectivity index (χ1n) is 5.00. The van der Waals surface area contributed by atoms with Crippen molar-refractivity contribution >= 4 is 40.4 Å². The molecule has 0 atom stereocenters. The summed E-state index contributed by atoms with van der Waals surface area (Å²) in [6, 6.07) is 1.65.